The van der Waals surface area contributed by atoms with E-state index < -0.39 is 0 Å². The summed E-state index contributed by atoms with van der Waals surface area (Å²) in [5.41, 5.74) is 2.16. The van der Waals surface area contributed by atoms with E-state index in [0.29, 0.717) is 33.8 Å². The molecular formula is C24H30ClN3O3. The van der Waals surface area contributed by atoms with Crippen LogP contribution < -0.4 is 14.8 Å². The third kappa shape index (κ3) is 5.57. The third-order valence-electron chi connectivity index (χ3n) is 5.51. The molecule has 0 fully saturated rings. The highest BCUT2D eigenvalue weighted by Gasteiger charge is 2.17. The Kier molecular flexibility index (Phi) is 7.93. The highest BCUT2D eigenvalue weighted by molar-refractivity contribution is 6.31. The molecule has 3 rings (SSSR count). The van der Waals surface area contributed by atoms with E-state index >= 15 is 0 Å². The van der Waals surface area contributed by atoms with Gasteiger partial charge in [-0.25, -0.2) is 9.97 Å². The van der Waals surface area contributed by atoms with Gasteiger partial charge in [0.15, 0.2) is 11.5 Å². The van der Waals surface area contributed by atoms with E-state index in [0.717, 1.165) is 35.9 Å². The molecule has 0 amide bonds. The van der Waals surface area contributed by atoms with E-state index in [2.05, 4.69) is 36.1 Å². The van der Waals surface area contributed by atoms with Crippen molar-refractivity contribution in [3.63, 3.8) is 0 Å². The van der Waals surface area contributed by atoms with Crippen LogP contribution in [0, 0.1) is 5.92 Å². The molecule has 2 aromatic carbocycles. The second kappa shape index (κ2) is 10.6. The molecule has 31 heavy (non-hydrogen) atoms. The first-order valence-corrected chi connectivity index (χ1v) is 11.0. The highest BCUT2D eigenvalue weighted by Crippen LogP contribution is 2.36. The maximum absolute atomic E-state index is 9.49. The maximum Gasteiger partial charge on any atom is 0.162 e. The standard InChI is InChI=1S/C24H30ClN3O3/c1-5-15(3)9-18(6-2)31-23-11-19-21(12-22(23)30-4)26-14-27-24(19)28-17-7-8-20(25)16(10-17)13-29/h7-8,10-12,14-15,18,29H,5-6,9,13H2,1-4H3,(H,26,27,28). The number of ether oxygens (including phenoxy) is 2. The lowest BCUT2D eigenvalue weighted by atomic mass is 9.99. The van der Waals surface area contributed by atoms with Crippen molar-refractivity contribution < 1.29 is 14.6 Å². The van der Waals surface area contributed by atoms with Crippen LogP contribution in [0.2, 0.25) is 5.02 Å². The highest BCUT2D eigenvalue weighted by atomic mass is 35.5. The van der Waals surface area contributed by atoms with Crippen LogP contribution in [0.25, 0.3) is 10.9 Å². The fourth-order valence-electron chi connectivity index (χ4n) is 3.42. The number of hydrogen-bond donors (Lipinski definition) is 2. The fourth-order valence-corrected chi connectivity index (χ4v) is 3.60. The van der Waals surface area contributed by atoms with E-state index in [1.807, 2.05) is 18.2 Å². The molecule has 0 spiro atoms. The van der Waals surface area contributed by atoms with Crippen LogP contribution in [-0.2, 0) is 6.61 Å². The van der Waals surface area contributed by atoms with Crippen molar-refractivity contribution in [2.75, 3.05) is 12.4 Å². The monoisotopic (exact) mass is 443 g/mol. The van der Waals surface area contributed by atoms with Gasteiger partial charge in [0.25, 0.3) is 0 Å². The molecular weight excluding hydrogens is 414 g/mol. The Morgan fingerprint density at radius 3 is 2.58 bits per heavy atom. The van der Waals surface area contributed by atoms with Gasteiger partial charge in [-0.15, -0.1) is 0 Å². The van der Waals surface area contributed by atoms with Gasteiger partial charge < -0.3 is 19.9 Å². The van der Waals surface area contributed by atoms with Crippen LogP contribution in [0.4, 0.5) is 11.5 Å². The predicted octanol–water partition coefficient (Wildman–Crippen LogP) is 6.12. The molecule has 166 valence electrons. The van der Waals surface area contributed by atoms with Crippen molar-refractivity contribution in [2.45, 2.75) is 52.7 Å². The quantitative estimate of drug-likeness (QED) is 0.393. The first kappa shape index (κ1) is 23.1. The molecule has 0 saturated heterocycles. The molecule has 0 bridgehead atoms. The minimum absolute atomic E-state index is 0.103. The van der Waals surface area contributed by atoms with E-state index in [1.165, 1.54) is 6.33 Å². The summed E-state index contributed by atoms with van der Waals surface area (Å²) in [6.45, 7) is 6.44. The fraction of sp³-hybridized carbons (Fsp3) is 0.417. The van der Waals surface area contributed by atoms with Crippen molar-refractivity contribution in [1.29, 1.82) is 0 Å². The molecule has 2 N–H and O–H groups in total. The zero-order valence-corrected chi connectivity index (χ0v) is 19.2. The minimum atomic E-state index is -0.136. The zero-order chi connectivity index (χ0) is 22.4. The summed E-state index contributed by atoms with van der Waals surface area (Å²) in [5, 5.41) is 14.1. The summed E-state index contributed by atoms with van der Waals surface area (Å²) in [7, 11) is 1.63. The average Bonchev–Trinajstić information content (AvgIpc) is 2.79. The Bertz CT molecular complexity index is 1030. The van der Waals surface area contributed by atoms with Crippen molar-refractivity contribution in [2.24, 2.45) is 5.92 Å². The van der Waals surface area contributed by atoms with Crippen LogP contribution in [0.5, 0.6) is 11.5 Å². The van der Waals surface area contributed by atoms with Crippen LogP contribution in [0.3, 0.4) is 0 Å². The summed E-state index contributed by atoms with van der Waals surface area (Å²) < 4.78 is 11.9. The number of aliphatic hydroxyl groups excluding tert-OH is 1. The number of anilines is 2. The lowest BCUT2D eigenvalue weighted by Crippen LogP contribution is -2.19. The number of methoxy groups -OCH3 is 1. The largest absolute Gasteiger partial charge is 0.493 e. The second-order valence-electron chi connectivity index (χ2n) is 7.73. The Morgan fingerprint density at radius 2 is 1.90 bits per heavy atom. The first-order chi connectivity index (χ1) is 15.0. The van der Waals surface area contributed by atoms with Gasteiger partial charge in [-0.05, 0) is 48.6 Å². The second-order valence-corrected chi connectivity index (χ2v) is 8.14. The van der Waals surface area contributed by atoms with Gasteiger partial charge >= 0.3 is 0 Å². The van der Waals surface area contributed by atoms with Gasteiger partial charge in [0, 0.05) is 22.2 Å². The van der Waals surface area contributed by atoms with E-state index in [-0.39, 0.29) is 12.7 Å². The normalized spacial score (nSPS) is 13.1. The van der Waals surface area contributed by atoms with Crippen molar-refractivity contribution in [1.82, 2.24) is 9.97 Å². The number of benzene rings is 2. The molecule has 0 saturated carbocycles. The Labute approximate surface area is 188 Å². The zero-order valence-electron chi connectivity index (χ0n) is 18.5. The van der Waals surface area contributed by atoms with Gasteiger partial charge in [0.1, 0.15) is 12.1 Å². The summed E-state index contributed by atoms with van der Waals surface area (Å²) in [6.07, 6.45) is 4.63. The van der Waals surface area contributed by atoms with Gasteiger partial charge in [-0.3, -0.25) is 0 Å². The molecule has 0 aliphatic rings. The van der Waals surface area contributed by atoms with E-state index in [4.69, 9.17) is 21.1 Å². The van der Waals surface area contributed by atoms with E-state index in [1.54, 1.807) is 19.2 Å². The first-order valence-electron chi connectivity index (χ1n) is 10.6. The Morgan fingerprint density at radius 1 is 1.10 bits per heavy atom. The molecule has 0 radical (unpaired) electrons. The van der Waals surface area contributed by atoms with Crippen LogP contribution in [0.1, 0.15) is 45.6 Å². The SMILES string of the molecule is CCC(C)CC(CC)Oc1cc2c(Nc3ccc(Cl)c(CO)c3)ncnc2cc1OC. The lowest BCUT2D eigenvalue weighted by Gasteiger charge is -2.22. The predicted molar refractivity (Wildman–Crippen MR) is 126 cm³/mol. The van der Waals surface area contributed by atoms with E-state index in [9.17, 15) is 5.11 Å². The lowest BCUT2D eigenvalue weighted by molar-refractivity contribution is 0.160. The van der Waals surface area contributed by atoms with Crippen molar-refractivity contribution in [3.8, 4) is 11.5 Å². The molecule has 7 heteroatoms. The van der Waals surface area contributed by atoms with Crippen molar-refractivity contribution in [3.05, 3.63) is 47.2 Å². The number of rotatable bonds is 10. The Hall–Kier alpha value is -2.57. The molecule has 3 aromatic rings. The molecule has 0 aliphatic carbocycles. The molecule has 2 unspecified atom stereocenters. The molecule has 1 heterocycles. The summed E-state index contributed by atoms with van der Waals surface area (Å²) in [5.74, 6) is 2.55. The number of hydrogen-bond acceptors (Lipinski definition) is 6. The topological polar surface area (TPSA) is 76.5 Å². The molecule has 2 atom stereocenters. The Balaban J connectivity index is 1.97. The number of nitrogens with one attached hydrogen (secondary N) is 1. The number of aromatic nitrogens is 2. The third-order valence-corrected chi connectivity index (χ3v) is 5.88. The molecule has 0 aliphatic heterocycles. The maximum atomic E-state index is 9.49. The average molecular weight is 444 g/mol. The number of fused-ring (bicyclic) bond motifs is 1. The van der Waals surface area contributed by atoms with Gasteiger partial charge in [-0.1, -0.05) is 38.8 Å². The molecule has 6 nitrogen and oxygen atoms in total. The number of nitrogens with zero attached hydrogens (tertiary/aromatic N) is 2. The van der Waals surface area contributed by atoms with Gasteiger partial charge in [0.05, 0.1) is 25.3 Å². The van der Waals surface area contributed by atoms with Crippen LogP contribution in [0.15, 0.2) is 36.7 Å². The van der Waals surface area contributed by atoms with Crippen molar-refractivity contribution >= 4 is 34.0 Å². The summed E-state index contributed by atoms with van der Waals surface area (Å²) >= 11 is 6.11. The summed E-state index contributed by atoms with van der Waals surface area (Å²) in [6, 6.07) is 9.19. The summed E-state index contributed by atoms with van der Waals surface area (Å²) in [4.78, 5) is 8.82. The van der Waals surface area contributed by atoms with Gasteiger partial charge in [0.2, 0.25) is 0 Å². The number of aliphatic hydroxyl groups is 1. The van der Waals surface area contributed by atoms with Gasteiger partial charge in [-0.2, -0.15) is 0 Å². The minimum Gasteiger partial charge on any atom is -0.493 e. The number of halogens is 1. The van der Waals surface area contributed by atoms with Crippen LogP contribution in [-0.4, -0.2) is 28.3 Å². The smallest absolute Gasteiger partial charge is 0.162 e. The van der Waals surface area contributed by atoms with Crippen LogP contribution >= 0.6 is 11.6 Å². The molecule has 1 aromatic heterocycles.